The average Bonchev–Trinajstić information content (AvgIpc) is 3.43. The number of carbonyl (C=O) groups is 3. The van der Waals surface area contributed by atoms with Crippen LogP contribution in [0.5, 0.6) is 0 Å². The monoisotopic (exact) mass is 1120 g/mol. The molecule has 0 amide bonds. The summed E-state index contributed by atoms with van der Waals surface area (Å²) in [4.78, 5) is 48.6. The van der Waals surface area contributed by atoms with Crippen LogP contribution in [0, 0.1) is 0 Å². The quantitative estimate of drug-likeness (QED) is 0.0197. The number of carbonyl (C=O) groups excluding carboxylic acids is 3. The first-order valence-electron chi connectivity index (χ1n) is 31.8. The van der Waals surface area contributed by atoms with Crippen molar-refractivity contribution in [3.63, 3.8) is 0 Å². The number of hydrogen-bond donors (Lipinski definition) is 2. The Bertz CT molecular complexity index is 1590. The summed E-state index contributed by atoms with van der Waals surface area (Å²) in [5, 5.41) is 9.82. The lowest BCUT2D eigenvalue weighted by molar-refractivity contribution is -0.161. The Morgan fingerprint density at radius 2 is 0.718 bits per heavy atom. The number of allylic oxidation sites excluding steroid dienone is 11. The van der Waals surface area contributed by atoms with Crippen molar-refractivity contribution in [3.05, 3.63) is 72.9 Å². The molecule has 0 bridgehead atoms. The van der Waals surface area contributed by atoms with Gasteiger partial charge in [0.05, 0.1) is 26.2 Å². The number of rotatable bonds is 59. The fraction of sp³-hybridized carbons (Fsp3) is 0.773. The molecular formula is C66H117O11P. The summed E-state index contributed by atoms with van der Waals surface area (Å²) in [6, 6.07) is 0. The Kier molecular flexibility index (Phi) is 57.7. The molecule has 0 fully saturated rings. The number of unbranched alkanes of at least 4 members (excludes halogenated alkanes) is 31. The second kappa shape index (κ2) is 60.0. The Morgan fingerprint density at radius 1 is 0.385 bits per heavy atom. The minimum Gasteiger partial charge on any atom is -0.462 e. The largest absolute Gasteiger partial charge is 0.472 e. The summed E-state index contributed by atoms with van der Waals surface area (Å²) < 4.78 is 39.5. The lowest BCUT2D eigenvalue weighted by Crippen LogP contribution is -2.30. The molecule has 0 aromatic heterocycles. The Morgan fingerprint density at radius 3 is 1.12 bits per heavy atom. The molecule has 0 aliphatic rings. The number of aliphatic hydroxyl groups is 1. The number of ether oxygens (including phenoxy) is 3. The van der Waals surface area contributed by atoms with Gasteiger partial charge in [-0.2, -0.15) is 0 Å². The molecule has 0 aromatic carbocycles. The molecule has 2 N–H and O–H groups in total. The van der Waals surface area contributed by atoms with E-state index in [1.807, 2.05) is 18.2 Å². The Balaban J connectivity index is 4.76. The van der Waals surface area contributed by atoms with E-state index < -0.39 is 57.8 Å². The Hall–Kier alpha value is -3.08. The zero-order chi connectivity index (χ0) is 56.9. The third kappa shape index (κ3) is 57.6. The van der Waals surface area contributed by atoms with Gasteiger partial charge in [-0.1, -0.05) is 273 Å². The van der Waals surface area contributed by atoms with Crippen LogP contribution < -0.4 is 0 Å². The Labute approximate surface area is 478 Å². The highest BCUT2D eigenvalue weighted by molar-refractivity contribution is 7.47. The van der Waals surface area contributed by atoms with Gasteiger partial charge in [-0.25, -0.2) is 4.57 Å². The van der Waals surface area contributed by atoms with Gasteiger partial charge in [0.1, 0.15) is 12.7 Å². The first-order chi connectivity index (χ1) is 38.2. The highest BCUT2D eigenvalue weighted by Gasteiger charge is 2.28. The molecule has 0 aliphatic heterocycles. The number of hydrogen-bond acceptors (Lipinski definition) is 10. The standard InChI is InChI=1S/C66H117O11P/c1-4-7-10-13-16-19-22-25-28-30-31-33-36-39-42-45-48-51-54-57-66(70)77-63(59-73-64(68)55-52-49-46-43-40-37-35-32-29-26-23-20-17-14-11-8-5-2)61-75-78(71,72)74-60-62(58-67)76-65(69)56-53-50-47-44-41-38-34-27-24-21-18-15-12-9-6-3/h9,12,18,21,26-27,29,34,41,44,50,53,62-63,67H,4-8,10-11,13-17,19-20,22-25,28,30-33,35-40,42-43,45-49,51-52,54-61H2,1-3H3,(H,71,72)/b12-9-,21-18-,29-26-,34-27-,44-41-,53-50-. The van der Waals surface area contributed by atoms with E-state index in [2.05, 4.69) is 69.4 Å². The molecule has 11 nitrogen and oxygen atoms in total. The van der Waals surface area contributed by atoms with Crippen LogP contribution in [-0.4, -0.2) is 66.5 Å². The number of aliphatic hydroxyl groups excluding tert-OH is 1. The van der Waals surface area contributed by atoms with E-state index in [-0.39, 0.29) is 25.9 Å². The van der Waals surface area contributed by atoms with Crippen LogP contribution in [0.3, 0.4) is 0 Å². The number of esters is 3. The summed E-state index contributed by atoms with van der Waals surface area (Å²) in [7, 11) is -4.78. The van der Waals surface area contributed by atoms with E-state index in [0.29, 0.717) is 19.3 Å². The third-order valence-corrected chi connectivity index (χ3v) is 14.6. The maximum atomic E-state index is 13.0. The zero-order valence-corrected chi connectivity index (χ0v) is 51.0. The summed E-state index contributed by atoms with van der Waals surface area (Å²) >= 11 is 0. The van der Waals surface area contributed by atoms with Crippen molar-refractivity contribution in [2.45, 2.75) is 303 Å². The summed E-state index contributed by atoms with van der Waals surface area (Å²) in [5.74, 6) is -1.59. The molecule has 0 spiro atoms. The number of phosphoric ester groups is 1. The van der Waals surface area contributed by atoms with Gasteiger partial charge in [0.15, 0.2) is 6.10 Å². The van der Waals surface area contributed by atoms with Crippen LogP contribution in [0.15, 0.2) is 72.9 Å². The lowest BCUT2D eigenvalue weighted by Gasteiger charge is -2.21. The van der Waals surface area contributed by atoms with Crippen LogP contribution >= 0.6 is 7.82 Å². The van der Waals surface area contributed by atoms with Crippen LogP contribution in [-0.2, 0) is 42.2 Å². The van der Waals surface area contributed by atoms with Gasteiger partial charge in [0.2, 0.25) is 0 Å². The predicted octanol–water partition coefficient (Wildman–Crippen LogP) is 19.3. The molecule has 0 saturated carbocycles. The van der Waals surface area contributed by atoms with Crippen LogP contribution in [0.1, 0.15) is 290 Å². The molecule has 0 saturated heterocycles. The molecule has 0 rings (SSSR count). The smallest absolute Gasteiger partial charge is 0.462 e. The highest BCUT2D eigenvalue weighted by Crippen LogP contribution is 2.43. The van der Waals surface area contributed by atoms with Gasteiger partial charge < -0.3 is 24.2 Å². The maximum absolute atomic E-state index is 13.0. The molecule has 0 aliphatic carbocycles. The summed E-state index contributed by atoms with van der Waals surface area (Å²) in [6.07, 6.45) is 68.9. The summed E-state index contributed by atoms with van der Waals surface area (Å²) in [6.45, 7) is 4.46. The van der Waals surface area contributed by atoms with E-state index in [9.17, 15) is 28.9 Å². The van der Waals surface area contributed by atoms with Gasteiger partial charge in [-0.15, -0.1) is 0 Å². The minimum atomic E-state index is -4.78. The molecule has 0 radical (unpaired) electrons. The van der Waals surface area contributed by atoms with Crippen molar-refractivity contribution >= 4 is 25.7 Å². The van der Waals surface area contributed by atoms with Gasteiger partial charge in [-0.3, -0.25) is 23.4 Å². The molecule has 78 heavy (non-hydrogen) atoms. The highest BCUT2D eigenvalue weighted by atomic mass is 31.2. The van der Waals surface area contributed by atoms with E-state index in [1.54, 1.807) is 6.08 Å². The fourth-order valence-electron chi connectivity index (χ4n) is 8.84. The second-order valence-electron chi connectivity index (χ2n) is 21.2. The molecular weight excluding hydrogens is 1000 g/mol. The van der Waals surface area contributed by atoms with E-state index in [4.69, 9.17) is 23.3 Å². The molecule has 452 valence electrons. The second-order valence-corrected chi connectivity index (χ2v) is 22.7. The topological polar surface area (TPSA) is 155 Å². The zero-order valence-electron chi connectivity index (χ0n) is 50.1. The van der Waals surface area contributed by atoms with Crippen molar-refractivity contribution in [2.24, 2.45) is 0 Å². The van der Waals surface area contributed by atoms with Gasteiger partial charge >= 0.3 is 25.7 Å². The average molecular weight is 1120 g/mol. The molecule has 0 aromatic rings. The third-order valence-electron chi connectivity index (χ3n) is 13.6. The molecule has 3 atom stereocenters. The van der Waals surface area contributed by atoms with E-state index in [1.165, 1.54) is 161 Å². The molecule has 12 heteroatoms. The lowest BCUT2D eigenvalue weighted by atomic mass is 10.0. The first kappa shape index (κ1) is 74.9. The van der Waals surface area contributed by atoms with Crippen molar-refractivity contribution in [2.75, 3.05) is 26.4 Å². The van der Waals surface area contributed by atoms with Crippen molar-refractivity contribution < 1.29 is 52.2 Å². The van der Waals surface area contributed by atoms with Crippen molar-refractivity contribution in [1.29, 1.82) is 0 Å². The van der Waals surface area contributed by atoms with E-state index in [0.717, 1.165) is 70.6 Å². The minimum absolute atomic E-state index is 0.0553. The van der Waals surface area contributed by atoms with Gasteiger partial charge in [-0.05, 0) is 70.6 Å². The first-order valence-corrected chi connectivity index (χ1v) is 33.3. The normalized spacial score (nSPS) is 13.8. The van der Waals surface area contributed by atoms with E-state index >= 15 is 0 Å². The van der Waals surface area contributed by atoms with Crippen LogP contribution in [0.2, 0.25) is 0 Å². The van der Waals surface area contributed by atoms with Crippen molar-refractivity contribution in [1.82, 2.24) is 0 Å². The summed E-state index contributed by atoms with van der Waals surface area (Å²) in [5.41, 5.74) is 0. The van der Waals surface area contributed by atoms with Crippen molar-refractivity contribution in [3.8, 4) is 0 Å². The molecule has 0 heterocycles. The van der Waals surface area contributed by atoms with Crippen LogP contribution in [0.25, 0.3) is 0 Å². The SMILES string of the molecule is CC/C=C\C/C=C\C/C=C\C/C=C\C/C=C\CC(=O)OC(CO)COP(=O)(O)OCC(COC(=O)CCCCCCCCC/C=C\CCCCCCCC)OC(=O)CCCCCCCCCCCCCCCCCCCCC. The number of phosphoric acid groups is 1. The fourth-order valence-corrected chi connectivity index (χ4v) is 9.62. The van der Waals surface area contributed by atoms with Gasteiger partial charge in [0.25, 0.3) is 0 Å². The maximum Gasteiger partial charge on any atom is 0.472 e. The molecule has 3 unspecified atom stereocenters. The van der Waals surface area contributed by atoms with Gasteiger partial charge in [0, 0.05) is 12.8 Å². The predicted molar refractivity (Wildman–Crippen MR) is 325 cm³/mol. The van der Waals surface area contributed by atoms with Crippen LogP contribution in [0.4, 0.5) is 0 Å².